The van der Waals surface area contributed by atoms with Gasteiger partial charge >= 0.3 is 0 Å². The second-order valence-electron chi connectivity index (χ2n) is 4.80. The van der Waals surface area contributed by atoms with Crippen LogP contribution in [0.4, 0.5) is 0 Å². The summed E-state index contributed by atoms with van der Waals surface area (Å²) in [4.78, 5) is 25.3. The van der Waals surface area contributed by atoms with Crippen LogP contribution in [-0.2, 0) is 4.79 Å². The number of piperidine rings is 1. The number of likely N-dealkylation sites (tertiary alicyclic amines) is 1. The lowest BCUT2D eigenvalue weighted by Gasteiger charge is -2.31. The lowest BCUT2D eigenvalue weighted by molar-refractivity contribution is -0.123. The van der Waals surface area contributed by atoms with E-state index in [1.165, 1.54) is 0 Å². The van der Waals surface area contributed by atoms with Crippen LogP contribution in [-0.4, -0.2) is 40.0 Å². The molecule has 2 amide bonds. The SMILES string of the molecule is Cc1n[nH]c(C)c1C(=O)N1CCCC(C(N)=O)C1. The second-order valence-corrected chi connectivity index (χ2v) is 4.80. The van der Waals surface area contributed by atoms with Gasteiger partial charge in [0.25, 0.3) is 5.91 Å². The lowest BCUT2D eigenvalue weighted by atomic mass is 9.96. The van der Waals surface area contributed by atoms with Crippen molar-refractivity contribution in [2.75, 3.05) is 13.1 Å². The smallest absolute Gasteiger partial charge is 0.257 e. The maximum atomic E-state index is 12.4. The van der Waals surface area contributed by atoms with Crippen molar-refractivity contribution in [1.82, 2.24) is 15.1 Å². The predicted octanol–water partition coefficient (Wildman–Crippen LogP) is 0.364. The highest BCUT2D eigenvalue weighted by Gasteiger charge is 2.29. The van der Waals surface area contributed by atoms with Crippen molar-refractivity contribution in [2.24, 2.45) is 11.7 Å². The van der Waals surface area contributed by atoms with E-state index in [2.05, 4.69) is 10.2 Å². The van der Waals surface area contributed by atoms with E-state index in [1.807, 2.05) is 6.92 Å². The molecule has 6 nitrogen and oxygen atoms in total. The summed E-state index contributed by atoms with van der Waals surface area (Å²) in [5.74, 6) is -0.618. The number of hydrogen-bond acceptors (Lipinski definition) is 3. The van der Waals surface area contributed by atoms with Crippen molar-refractivity contribution in [3.8, 4) is 0 Å². The molecule has 18 heavy (non-hydrogen) atoms. The fourth-order valence-corrected chi connectivity index (χ4v) is 2.42. The number of carbonyl (C=O) groups excluding carboxylic acids is 2. The average Bonchev–Trinajstić information content (AvgIpc) is 2.68. The van der Waals surface area contributed by atoms with Gasteiger partial charge in [-0.05, 0) is 26.7 Å². The van der Waals surface area contributed by atoms with E-state index in [-0.39, 0.29) is 17.7 Å². The number of nitrogens with one attached hydrogen (secondary N) is 1. The monoisotopic (exact) mass is 250 g/mol. The highest BCUT2D eigenvalue weighted by atomic mass is 16.2. The number of nitrogens with two attached hydrogens (primary N) is 1. The number of primary amides is 1. The van der Waals surface area contributed by atoms with Crippen LogP contribution < -0.4 is 5.73 Å². The Balaban J connectivity index is 2.17. The molecule has 0 saturated carbocycles. The van der Waals surface area contributed by atoms with Gasteiger partial charge in [-0.2, -0.15) is 5.10 Å². The highest BCUT2D eigenvalue weighted by Crippen LogP contribution is 2.20. The largest absolute Gasteiger partial charge is 0.369 e. The third-order valence-corrected chi connectivity index (χ3v) is 3.45. The van der Waals surface area contributed by atoms with Gasteiger partial charge in [-0.1, -0.05) is 0 Å². The standard InChI is InChI=1S/C12H18N4O2/c1-7-10(8(2)15-14-7)12(18)16-5-3-4-9(6-16)11(13)17/h9H,3-6H2,1-2H3,(H2,13,17)(H,14,15). The first-order valence-corrected chi connectivity index (χ1v) is 6.11. The fourth-order valence-electron chi connectivity index (χ4n) is 2.42. The third kappa shape index (κ3) is 2.23. The Labute approximate surface area is 106 Å². The molecular weight excluding hydrogens is 232 g/mol. The number of aryl methyl sites for hydroxylation is 2. The molecule has 1 aromatic rings. The van der Waals surface area contributed by atoms with E-state index in [0.29, 0.717) is 24.3 Å². The summed E-state index contributed by atoms with van der Waals surface area (Å²) in [7, 11) is 0. The van der Waals surface area contributed by atoms with Gasteiger partial charge < -0.3 is 10.6 Å². The minimum absolute atomic E-state index is 0.0651. The van der Waals surface area contributed by atoms with E-state index in [1.54, 1.807) is 11.8 Å². The molecule has 1 atom stereocenters. The highest BCUT2D eigenvalue weighted by molar-refractivity contribution is 5.96. The molecule has 1 aliphatic rings. The molecule has 6 heteroatoms. The van der Waals surface area contributed by atoms with Crippen molar-refractivity contribution < 1.29 is 9.59 Å². The maximum Gasteiger partial charge on any atom is 0.257 e. The number of amides is 2. The third-order valence-electron chi connectivity index (χ3n) is 3.45. The number of H-pyrrole nitrogens is 1. The van der Waals surface area contributed by atoms with Crippen molar-refractivity contribution >= 4 is 11.8 Å². The molecule has 0 bridgehead atoms. The molecule has 1 fully saturated rings. The zero-order chi connectivity index (χ0) is 13.3. The minimum atomic E-state index is -0.326. The molecule has 1 aliphatic heterocycles. The maximum absolute atomic E-state index is 12.4. The Morgan fingerprint density at radius 1 is 1.44 bits per heavy atom. The first kappa shape index (κ1) is 12.6. The van der Waals surface area contributed by atoms with Gasteiger partial charge in [-0.3, -0.25) is 14.7 Å². The Morgan fingerprint density at radius 2 is 2.17 bits per heavy atom. The van der Waals surface area contributed by atoms with Crippen molar-refractivity contribution in [1.29, 1.82) is 0 Å². The molecule has 0 radical (unpaired) electrons. The number of rotatable bonds is 2. The number of aromatic amines is 1. The number of carbonyl (C=O) groups is 2. The van der Waals surface area contributed by atoms with Crippen LogP contribution in [0.15, 0.2) is 0 Å². The molecule has 0 aromatic carbocycles. The first-order valence-electron chi connectivity index (χ1n) is 6.11. The van der Waals surface area contributed by atoms with Crippen LogP contribution in [0.5, 0.6) is 0 Å². The van der Waals surface area contributed by atoms with Crippen LogP contribution in [0.1, 0.15) is 34.6 Å². The summed E-state index contributed by atoms with van der Waals surface area (Å²) >= 11 is 0. The van der Waals surface area contributed by atoms with E-state index >= 15 is 0 Å². The predicted molar refractivity (Wildman–Crippen MR) is 65.9 cm³/mol. The zero-order valence-electron chi connectivity index (χ0n) is 10.7. The van der Waals surface area contributed by atoms with Crippen LogP contribution in [0.25, 0.3) is 0 Å². The van der Waals surface area contributed by atoms with Gasteiger partial charge in [0.1, 0.15) is 0 Å². The van der Waals surface area contributed by atoms with Crippen LogP contribution in [0, 0.1) is 19.8 Å². The minimum Gasteiger partial charge on any atom is -0.369 e. The molecule has 0 aliphatic carbocycles. The molecule has 1 unspecified atom stereocenters. The lowest BCUT2D eigenvalue weighted by Crippen LogP contribution is -2.44. The topological polar surface area (TPSA) is 92.1 Å². The van der Waals surface area contributed by atoms with Gasteiger partial charge in [0.2, 0.25) is 5.91 Å². The molecule has 1 saturated heterocycles. The Morgan fingerprint density at radius 3 is 2.72 bits per heavy atom. The molecular formula is C12H18N4O2. The number of nitrogens with zero attached hydrogens (tertiary/aromatic N) is 2. The van der Waals surface area contributed by atoms with Crippen molar-refractivity contribution in [3.63, 3.8) is 0 Å². The Hall–Kier alpha value is -1.85. The Kier molecular flexibility index (Phi) is 3.36. The van der Waals surface area contributed by atoms with Crippen molar-refractivity contribution in [2.45, 2.75) is 26.7 Å². The van der Waals surface area contributed by atoms with E-state index in [4.69, 9.17) is 5.73 Å². The molecule has 2 rings (SSSR count). The van der Waals surface area contributed by atoms with Crippen LogP contribution >= 0.6 is 0 Å². The van der Waals surface area contributed by atoms with E-state index < -0.39 is 0 Å². The quantitative estimate of drug-likeness (QED) is 0.794. The molecule has 3 N–H and O–H groups in total. The summed E-state index contributed by atoms with van der Waals surface area (Å²) in [6, 6.07) is 0. The summed E-state index contributed by atoms with van der Waals surface area (Å²) in [5.41, 5.74) is 7.38. The van der Waals surface area contributed by atoms with Gasteiger partial charge in [0.05, 0.1) is 17.2 Å². The number of aromatic nitrogens is 2. The zero-order valence-corrected chi connectivity index (χ0v) is 10.7. The summed E-state index contributed by atoms with van der Waals surface area (Å²) in [5, 5.41) is 6.82. The normalized spacial score (nSPS) is 19.9. The van der Waals surface area contributed by atoms with Crippen LogP contribution in [0.3, 0.4) is 0 Å². The van der Waals surface area contributed by atoms with E-state index in [9.17, 15) is 9.59 Å². The van der Waals surface area contributed by atoms with Gasteiger partial charge in [-0.25, -0.2) is 0 Å². The average molecular weight is 250 g/mol. The summed E-state index contributed by atoms with van der Waals surface area (Å²) < 4.78 is 0. The van der Waals surface area contributed by atoms with Crippen LogP contribution in [0.2, 0.25) is 0 Å². The Bertz CT molecular complexity index is 461. The molecule has 2 heterocycles. The van der Waals surface area contributed by atoms with E-state index in [0.717, 1.165) is 18.5 Å². The van der Waals surface area contributed by atoms with Crippen molar-refractivity contribution in [3.05, 3.63) is 17.0 Å². The molecule has 0 spiro atoms. The van der Waals surface area contributed by atoms with Gasteiger partial charge in [0.15, 0.2) is 0 Å². The number of hydrogen-bond donors (Lipinski definition) is 2. The summed E-state index contributed by atoms with van der Waals surface area (Å²) in [6.07, 6.45) is 1.58. The first-order chi connectivity index (χ1) is 8.50. The van der Waals surface area contributed by atoms with Gasteiger partial charge in [-0.15, -0.1) is 0 Å². The summed E-state index contributed by atoms with van der Waals surface area (Å²) in [6.45, 7) is 4.71. The fraction of sp³-hybridized carbons (Fsp3) is 0.583. The second kappa shape index (κ2) is 4.80. The van der Waals surface area contributed by atoms with Gasteiger partial charge in [0, 0.05) is 18.8 Å². The molecule has 98 valence electrons. The molecule has 1 aromatic heterocycles.